The molecular weight excluding hydrogens is 404 g/mol. The zero-order chi connectivity index (χ0) is 22.6. The van der Waals surface area contributed by atoms with Crippen molar-refractivity contribution in [2.75, 3.05) is 6.54 Å². The molecule has 2 atom stereocenters. The third-order valence-corrected chi connectivity index (χ3v) is 6.85. The number of aromatic nitrogens is 1. The minimum Gasteiger partial charge on any atom is -0.356 e. The highest BCUT2D eigenvalue weighted by Gasteiger charge is 2.60. The van der Waals surface area contributed by atoms with Gasteiger partial charge in [-0.25, -0.2) is 9.69 Å². The third-order valence-electron chi connectivity index (χ3n) is 6.85. The molecule has 2 aliphatic heterocycles. The van der Waals surface area contributed by atoms with Gasteiger partial charge in [-0.2, -0.15) is 0 Å². The Morgan fingerprint density at radius 3 is 2.62 bits per heavy atom. The number of hydrogen-bond acceptors (Lipinski definition) is 3. The molecule has 3 heterocycles. The normalized spacial score (nSPS) is 21.0. The number of amides is 4. The van der Waals surface area contributed by atoms with Gasteiger partial charge in [0, 0.05) is 24.0 Å². The van der Waals surface area contributed by atoms with Crippen molar-refractivity contribution in [2.24, 2.45) is 0 Å². The number of nitrogens with zero attached hydrogens (tertiary/aromatic N) is 2. The Balaban J connectivity index is 1.41. The van der Waals surface area contributed by atoms with E-state index in [-0.39, 0.29) is 11.8 Å². The maximum absolute atomic E-state index is 13.6. The van der Waals surface area contributed by atoms with E-state index in [1.807, 2.05) is 55.5 Å². The van der Waals surface area contributed by atoms with Crippen LogP contribution < -0.4 is 5.32 Å². The van der Waals surface area contributed by atoms with Crippen LogP contribution in [0.25, 0.3) is 10.9 Å². The summed E-state index contributed by atoms with van der Waals surface area (Å²) in [5.41, 5.74) is 3.72. The van der Waals surface area contributed by atoms with Crippen LogP contribution in [0, 0.1) is 6.92 Å². The Labute approximate surface area is 186 Å². The lowest BCUT2D eigenvalue weighted by Gasteiger charge is -2.36. The second kappa shape index (κ2) is 7.22. The minimum atomic E-state index is -1.14. The van der Waals surface area contributed by atoms with Crippen molar-refractivity contribution >= 4 is 28.7 Å². The van der Waals surface area contributed by atoms with Crippen molar-refractivity contribution in [2.45, 2.75) is 45.3 Å². The number of urea groups is 1. The van der Waals surface area contributed by atoms with Crippen LogP contribution in [-0.2, 0) is 28.1 Å². The molecule has 2 aliphatic rings. The van der Waals surface area contributed by atoms with Crippen LogP contribution in [0.3, 0.4) is 0 Å². The van der Waals surface area contributed by atoms with E-state index < -0.39 is 17.6 Å². The van der Waals surface area contributed by atoms with E-state index in [0.29, 0.717) is 19.5 Å². The number of aromatic amines is 1. The van der Waals surface area contributed by atoms with Gasteiger partial charge in [0.2, 0.25) is 5.91 Å². The molecule has 0 spiro atoms. The zero-order valence-electron chi connectivity index (χ0n) is 18.4. The number of imide groups is 1. The zero-order valence-corrected chi connectivity index (χ0v) is 18.4. The summed E-state index contributed by atoms with van der Waals surface area (Å²) in [5.74, 6) is -0.722. The van der Waals surface area contributed by atoms with Gasteiger partial charge in [-0.3, -0.25) is 9.59 Å². The second-order valence-corrected chi connectivity index (χ2v) is 8.84. The number of H-pyrrole nitrogens is 1. The van der Waals surface area contributed by atoms with E-state index in [4.69, 9.17) is 0 Å². The first kappa shape index (κ1) is 20.3. The lowest BCUT2D eigenvalue weighted by Crippen LogP contribution is -2.49. The number of para-hydroxylation sites is 1. The predicted molar refractivity (Wildman–Crippen MR) is 121 cm³/mol. The summed E-state index contributed by atoms with van der Waals surface area (Å²) in [5, 5.41) is 3.93. The number of nitrogens with one attached hydrogen (secondary N) is 2. The molecule has 1 fully saturated rings. The fourth-order valence-corrected chi connectivity index (χ4v) is 4.92. The number of aryl methyl sites for hydroxylation is 1. The van der Waals surface area contributed by atoms with E-state index >= 15 is 0 Å². The first-order valence-corrected chi connectivity index (χ1v) is 10.9. The topological polar surface area (TPSA) is 85.5 Å². The Kier molecular flexibility index (Phi) is 4.58. The maximum atomic E-state index is 13.6. The third kappa shape index (κ3) is 2.84. The summed E-state index contributed by atoms with van der Waals surface area (Å²) in [6.45, 7) is 6.16. The fraction of sp³-hybridized carbons (Fsp3) is 0.320. The Bertz CT molecular complexity index is 1250. The first-order chi connectivity index (χ1) is 15.3. The highest BCUT2D eigenvalue weighted by atomic mass is 16.2. The summed E-state index contributed by atoms with van der Waals surface area (Å²) < 4.78 is 0. The van der Waals surface area contributed by atoms with Crippen molar-refractivity contribution in [3.63, 3.8) is 0 Å². The Hall–Kier alpha value is -3.61. The molecule has 1 aromatic heterocycles. The van der Waals surface area contributed by atoms with Crippen molar-refractivity contribution in [1.29, 1.82) is 0 Å². The number of fused-ring (bicyclic) bond motifs is 5. The van der Waals surface area contributed by atoms with Gasteiger partial charge in [-0.15, -0.1) is 0 Å². The summed E-state index contributed by atoms with van der Waals surface area (Å²) >= 11 is 0. The molecule has 0 bridgehead atoms. The molecule has 5 rings (SSSR count). The van der Waals surface area contributed by atoms with Crippen LogP contribution in [-0.4, -0.2) is 45.2 Å². The van der Waals surface area contributed by atoms with E-state index in [1.54, 1.807) is 18.7 Å². The molecule has 3 aromatic rings. The summed E-state index contributed by atoms with van der Waals surface area (Å²) in [7, 11) is 0. The van der Waals surface area contributed by atoms with Crippen LogP contribution in [0.15, 0.2) is 48.5 Å². The van der Waals surface area contributed by atoms with Crippen LogP contribution in [0.1, 0.15) is 36.2 Å². The van der Waals surface area contributed by atoms with Gasteiger partial charge in [0.05, 0.1) is 5.69 Å². The molecule has 0 unspecified atom stereocenters. The van der Waals surface area contributed by atoms with Crippen LogP contribution >= 0.6 is 0 Å². The predicted octanol–water partition coefficient (Wildman–Crippen LogP) is 3.22. The molecule has 4 amide bonds. The molecule has 32 heavy (non-hydrogen) atoms. The van der Waals surface area contributed by atoms with Gasteiger partial charge < -0.3 is 15.2 Å². The van der Waals surface area contributed by atoms with Crippen molar-refractivity contribution in [1.82, 2.24) is 20.1 Å². The smallest absolute Gasteiger partial charge is 0.328 e. The Morgan fingerprint density at radius 1 is 1.16 bits per heavy atom. The highest BCUT2D eigenvalue weighted by molar-refractivity contribution is 6.10. The molecule has 7 nitrogen and oxygen atoms in total. The summed E-state index contributed by atoms with van der Waals surface area (Å²) in [4.78, 5) is 45.9. The van der Waals surface area contributed by atoms with E-state index in [0.717, 1.165) is 38.2 Å². The largest absolute Gasteiger partial charge is 0.356 e. The van der Waals surface area contributed by atoms with Crippen molar-refractivity contribution in [3.8, 4) is 0 Å². The van der Waals surface area contributed by atoms with E-state index in [2.05, 4.69) is 10.3 Å². The molecule has 0 radical (unpaired) electrons. The van der Waals surface area contributed by atoms with Gasteiger partial charge in [0.1, 0.15) is 6.04 Å². The van der Waals surface area contributed by atoms with Gasteiger partial charge in [-0.1, -0.05) is 48.0 Å². The number of carbonyl (C=O) groups is 3. The number of hydrogen-bond donors (Lipinski definition) is 2. The maximum Gasteiger partial charge on any atom is 0.328 e. The average molecular weight is 431 g/mol. The SMILES string of the molecule is Cc1ccc(CNC(=O)[C@H](C)N2C(=O)N3CCc4c([nH]c5ccccc45)[C@@]3(C)C2=O)cc1. The lowest BCUT2D eigenvalue weighted by molar-refractivity contribution is -0.139. The quantitative estimate of drug-likeness (QED) is 0.624. The molecular formula is C25H26N4O3. The fourth-order valence-electron chi connectivity index (χ4n) is 4.92. The molecule has 164 valence electrons. The molecule has 0 saturated carbocycles. The number of benzene rings is 2. The van der Waals surface area contributed by atoms with E-state index in [1.165, 1.54) is 0 Å². The Morgan fingerprint density at radius 2 is 1.88 bits per heavy atom. The van der Waals surface area contributed by atoms with Gasteiger partial charge >= 0.3 is 6.03 Å². The second-order valence-electron chi connectivity index (χ2n) is 8.84. The molecule has 2 N–H and O–H groups in total. The molecule has 0 aliphatic carbocycles. The molecule has 7 heteroatoms. The van der Waals surface area contributed by atoms with Crippen molar-refractivity contribution < 1.29 is 14.4 Å². The first-order valence-electron chi connectivity index (χ1n) is 10.9. The summed E-state index contributed by atoms with van der Waals surface area (Å²) in [6, 6.07) is 14.5. The minimum absolute atomic E-state index is 0.340. The molecule has 1 saturated heterocycles. The number of rotatable bonds is 4. The van der Waals surface area contributed by atoms with Gasteiger partial charge in [0.15, 0.2) is 5.54 Å². The van der Waals surface area contributed by atoms with Gasteiger partial charge in [0.25, 0.3) is 5.91 Å². The monoisotopic (exact) mass is 430 g/mol. The average Bonchev–Trinajstić information content (AvgIpc) is 3.26. The summed E-state index contributed by atoms with van der Waals surface area (Å²) in [6.07, 6.45) is 0.662. The van der Waals surface area contributed by atoms with E-state index in [9.17, 15) is 14.4 Å². The lowest BCUT2D eigenvalue weighted by atomic mass is 9.87. The van der Waals surface area contributed by atoms with Crippen LogP contribution in [0.2, 0.25) is 0 Å². The number of carbonyl (C=O) groups excluding carboxylic acids is 3. The van der Waals surface area contributed by atoms with Crippen molar-refractivity contribution in [3.05, 3.63) is 70.9 Å². The van der Waals surface area contributed by atoms with Crippen LogP contribution in [0.4, 0.5) is 4.79 Å². The highest BCUT2D eigenvalue weighted by Crippen LogP contribution is 2.44. The van der Waals surface area contributed by atoms with Gasteiger partial charge in [-0.05, 0) is 44.4 Å². The standard InChI is InChI=1S/C25H26N4O3/c1-15-8-10-17(11-9-15)14-26-22(30)16(2)29-23(31)25(3)21-19(12-13-28(25)24(29)32)18-6-4-5-7-20(18)27-21/h4-11,16,27H,12-14H2,1-3H3,(H,26,30)/t16-,25-/m0/s1. The van der Waals surface area contributed by atoms with Crippen LogP contribution in [0.5, 0.6) is 0 Å². The molecule has 2 aromatic carbocycles.